The highest BCUT2D eigenvalue weighted by molar-refractivity contribution is 5.73. The van der Waals surface area contributed by atoms with E-state index < -0.39 is 0 Å². The van der Waals surface area contributed by atoms with Crippen molar-refractivity contribution in [1.29, 1.82) is 0 Å². The highest BCUT2D eigenvalue weighted by Crippen LogP contribution is 1.80. The van der Waals surface area contributed by atoms with Crippen molar-refractivity contribution in [2.24, 2.45) is 0 Å². The molecule has 0 rings (SSSR count). The molecule has 72 valence electrons. The third-order valence-electron chi connectivity index (χ3n) is 1.52. The number of hydrogen-bond donors (Lipinski definition) is 3. The Kier molecular flexibility index (Phi) is 7.79. The molecule has 3 N–H and O–H groups in total. The lowest BCUT2D eigenvalue weighted by molar-refractivity contribution is 0.243. The van der Waals surface area contributed by atoms with E-state index in [9.17, 15) is 4.79 Å². The molecule has 0 saturated carbocycles. The molecular formula is C8H19N3O. The summed E-state index contributed by atoms with van der Waals surface area (Å²) in [4.78, 5) is 10.7. The number of amides is 2. The molecule has 4 heteroatoms. The molecule has 0 aromatic carbocycles. The zero-order chi connectivity index (χ0) is 9.23. The van der Waals surface area contributed by atoms with Gasteiger partial charge in [0.15, 0.2) is 0 Å². The van der Waals surface area contributed by atoms with Gasteiger partial charge in [-0.05, 0) is 13.0 Å². The van der Waals surface area contributed by atoms with Gasteiger partial charge in [-0.3, -0.25) is 0 Å². The van der Waals surface area contributed by atoms with Gasteiger partial charge in [0.25, 0.3) is 0 Å². The first kappa shape index (κ1) is 11.2. The summed E-state index contributed by atoms with van der Waals surface area (Å²) in [6.45, 7) is 4.72. The molecule has 0 aliphatic heterocycles. The number of unbranched alkanes of at least 4 members (excludes halogenated alkanes) is 1. The second kappa shape index (κ2) is 8.33. The van der Waals surface area contributed by atoms with Crippen LogP contribution in [-0.2, 0) is 0 Å². The van der Waals surface area contributed by atoms with Crippen LogP contribution in [0, 0.1) is 0 Å². The predicted molar refractivity (Wildman–Crippen MR) is 50.2 cm³/mol. The van der Waals surface area contributed by atoms with Crippen molar-refractivity contribution in [3.63, 3.8) is 0 Å². The van der Waals surface area contributed by atoms with Gasteiger partial charge in [0.1, 0.15) is 0 Å². The third-order valence-corrected chi connectivity index (χ3v) is 1.52. The lowest BCUT2D eigenvalue weighted by atomic mass is 10.3. The molecule has 0 aromatic rings. The molecule has 0 bridgehead atoms. The predicted octanol–water partition coefficient (Wildman–Crippen LogP) is 0.305. The Morgan fingerprint density at radius 2 is 2.00 bits per heavy atom. The van der Waals surface area contributed by atoms with Gasteiger partial charge in [-0.2, -0.15) is 0 Å². The molecule has 0 aromatic heterocycles. The fraction of sp³-hybridized carbons (Fsp3) is 0.875. The van der Waals surface area contributed by atoms with Gasteiger partial charge in [-0.15, -0.1) is 0 Å². The van der Waals surface area contributed by atoms with Crippen molar-refractivity contribution in [2.45, 2.75) is 19.8 Å². The summed E-state index contributed by atoms with van der Waals surface area (Å²) in [6.07, 6.45) is 2.40. The van der Waals surface area contributed by atoms with E-state index in [0.717, 1.165) is 13.1 Å². The van der Waals surface area contributed by atoms with Crippen molar-refractivity contribution in [3.8, 4) is 0 Å². The molecule has 12 heavy (non-hydrogen) atoms. The molecule has 0 aliphatic rings. The first-order valence-corrected chi connectivity index (χ1v) is 4.47. The Hall–Kier alpha value is -0.770. The molecular weight excluding hydrogens is 154 g/mol. The molecule has 4 nitrogen and oxygen atoms in total. The number of nitrogens with one attached hydrogen (secondary N) is 3. The largest absolute Gasteiger partial charge is 0.341 e. The number of hydrogen-bond acceptors (Lipinski definition) is 2. The lowest BCUT2D eigenvalue weighted by Crippen LogP contribution is -2.37. The minimum absolute atomic E-state index is 0.118. The van der Waals surface area contributed by atoms with Crippen LogP contribution in [0.1, 0.15) is 19.8 Å². The van der Waals surface area contributed by atoms with Gasteiger partial charge in [0.2, 0.25) is 0 Å². The smallest absolute Gasteiger partial charge is 0.314 e. The van der Waals surface area contributed by atoms with E-state index in [1.165, 1.54) is 12.8 Å². The zero-order valence-electron chi connectivity index (χ0n) is 7.94. The highest BCUT2D eigenvalue weighted by atomic mass is 16.2. The van der Waals surface area contributed by atoms with Gasteiger partial charge >= 0.3 is 6.03 Å². The van der Waals surface area contributed by atoms with Crippen LogP contribution in [0.15, 0.2) is 0 Å². The summed E-state index contributed by atoms with van der Waals surface area (Å²) in [7, 11) is 1.61. The molecule has 0 saturated heterocycles. The molecule has 0 atom stereocenters. The van der Waals surface area contributed by atoms with E-state index in [-0.39, 0.29) is 6.03 Å². The number of rotatable bonds is 6. The SMILES string of the molecule is CCCCNCCNC(=O)NC. The topological polar surface area (TPSA) is 53.2 Å². The minimum atomic E-state index is -0.118. The Morgan fingerprint density at radius 1 is 1.25 bits per heavy atom. The molecule has 0 spiro atoms. The molecule has 0 aliphatic carbocycles. The van der Waals surface area contributed by atoms with Crippen LogP contribution in [0.4, 0.5) is 4.79 Å². The summed E-state index contributed by atoms with van der Waals surface area (Å²) in [5.41, 5.74) is 0. The van der Waals surface area contributed by atoms with Gasteiger partial charge in [-0.25, -0.2) is 4.79 Å². The van der Waals surface area contributed by atoms with Crippen molar-refractivity contribution < 1.29 is 4.79 Å². The van der Waals surface area contributed by atoms with Crippen molar-refractivity contribution in [3.05, 3.63) is 0 Å². The maximum Gasteiger partial charge on any atom is 0.314 e. The number of carbonyl (C=O) groups is 1. The second-order valence-corrected chi connectivity index (χ2v) is 2.61. The van der Waals surface area contributed by atoms with Crippen LogP contribution in [0.2, 0.25) is 0 Å². The standard InChI is InChI=1S/C8H19N3O/c1-3-4-5-10-6-7-11-8(12)9-2/h10H,3-7H2,1-2H3,(H2,9,11,12). The Bertz CT molecular complexity index is 117. The molecule has 0 unspecified atom stereocenters. The van der Waals surface area contributed by atoms with E-state index in [1.54, 1.807) is 7.05 Å². The Balaban J connectivity index is 2.95. The Labute approximate surface area is 74.1 Å². The fourth-order valence-electron chi connectivity index (χ4n) is 0.780. The van der Waals surface area contributed by atoms with Crippen molar-refractivity contribution in [2.75, 3.05) is 26.7 Å². The first-order chi connectivity index (χ1) is 5.81. The lowest BCUT2D eigenvalue weighted by Gasteiger charge is -2.05. The summed E-state index contributed by atoms with van der Waals surface area (Å²) >= 11 is 0. The molecule has 0 fully saturated rings. The molecule has 0 radical (unpaired) electrons. The maximum absolute atomic E-state index is 10.7. The average molecular weight is 173 g/mol. The summed E-state index contributed by atoms with van der Waals surface area (Å²) in [5, 5.41) is 8.41. The van der Waals surface area contributed by atoms with E-state index in [0.29, 0.717) is 6.54 Å². The second-order valence-electron chi connectivity index (χ2n) is 2.61. The monoisotopic (exact) mass is 173 g/mol. The summed E-state index contributed by atoms with van der Waals surface area (Å²) in [5.74, 6) is 0. The van der Waals surface area contributed by atoms with Crippen LogP contribution in [-0.4, -0.2) is 32.7 Å². The van der Waals surface area contributed by atoms with Gasteiger partial charge < -0.3 is 16.0 Å². The van der Waals surface area contributed by atoms with Crippen LogP contribution in [0.25, 0.3) is 0 Å². The van der Waals surface area contributed by atoms with Crippen LogP contribution < -0.4 is 16.0 Å². The zero-order valence-corrected chi connectivity index (χ0v) is 7.94. The average Bonchev–Trinajstić information content (AvgIpc) is 2.10. The van der Waals surface area contributed by atoms with E-state index in [1.807, 2.05) is 0 Å². The van der Waals surface area contributed by atoms with Crippen LogP contribution in [0.5, 0.6) is 0 Å². The minimum Gasteiger partial charge on any atom is -0.341 e. The quantitative estimate of drug-likeness (QED) is 0.506. The van der Waals surface area contributed by atoms with Crippen LogP contribution >= 0.6 is 0 Å². The first-order valence-electron chi connectivity index (χ1n) is 4.47. The van der Waals surface area contributed by atoms with E-state index in [4.69, 9.17) is 0 Å². The van der Waals surface area contributed by atoms with E-state index >= 15 is 0 Å². The highest BCUT2D eigenvalue weighted by Gasteiger charge is 1.92. The van der Waals surface area contributed by atoms with Gasteiger partial charge in [0.05, 0.1) is 0 Å². The fourth-order valence-corrected chi connectivity index (χ4v) is 0.780. The van der Waals surface area contributed by atoms with Crippen molar-refractivity contribution >= 4 is 6.03 Å². The summed E-state index contributed by atoms with van der Waals surface area (Å²) < 4.78 is 0. The number of carbonyl (C=O) groups excluding carboxylic acids is 1. The van der Waals surface area contributed by atoms with Crippen molar-refractivity contribution in [1.82, 2.24) is 16.0 Å². The van der Waals surface area contributed by atoms with Gasteiger partial charge in [-0.1, -0.05) is 13.3 Å². The molecule has 2 amide bonds. The maximum atomic E-state index is 10.7. The molecule has 0 heterocycles. The van der Waals surface area contributed by atoms with Gasteiger partial charge in [0, 0.05) is 20.1 Å². The van der Waals surface area contributed by atoms with Crippen LogP contribution in [0.3, 0.4) is 0 Å². The third kappa shape index (κ3) is 7.34. The van der Waals surface area contributed by atoms with E-state index in [2.05, 4.69) is 22.9 Å². The normalized spacial score (nSPS) is 9.50. The number of urea groups is 1. The summed E-state index contributed by atoms with van der Waals surface area (Å²) in [6, 6.07) is -0.118. The Morgan fingerprint density at radius 3 is 2.58 bits per heavy atom.